The van der Waals surface area contributed by atoms with Crippen LogP contribution in [0.4, 0.5) is 0 Å². The van der Waals surface area contributed by atoms with Crippen molar-refractivity contribution in [1.82, 2.24) is 4.31 Å². The molecule has 5 heteroatoms. The first-order valence-corrected chi connectivity index (χ1v) is 6.40. The van der Waals surface area contributed by atoms with Crippen LogP contribution in [0, 0.1) is 0 Å². The van der Waals surface area contributed by atoms with E-state index in [0.29, 0.717) is 13.0 Å². The molecule has 1 fully saturated rings. The SMILES string of the molecule is CC(C)S(=O)(=O)N1CCC(O)C1(C)C. The zero-order valence-electron chi connectivity index (χ0n) is 9.19. The van der Waals surface area contributed by atoms with Gasteiger partial charge < -0.3 is 5.11 Å². The molecule has 0 bridgehead atoms. The second-order valence-electron chi connectivity index (χ2n) is 4.62. The second kappa shape index (κ2) is 3.47. The van der Waals surface area contributed by atoms with E-state index in [9.17, 15) is 13.5 Å². The number of hydrogen-bond donors (Lipinski definition) is 1. The average Bonchev–Trinajstić information content (AvgIpc) is 2.27. The number of hydrogen-bond acceptors (Lipinski definition) is 3. The molecule has 0 aromatic heterocycles. The van der Waals surface area contributed by atoms with Gasteiger partial charge in [0.1, 0.15) is 0 Å². The van der Waals surface area contributed by atoms with Gasteiger partial charge in [-0.2, -0.15) is 4.31 Å². The molecule has 14 heavy (non-hydrogen) atoms. The fourth-order valence-electron chi connectivity index (χ4n) is 1.76. The summed E-state index contributed by atoms with van der Waals surface area (Å²) in [6.07, 6.45) is -0.0325. The predicted molar refractivity (Wildman–Crippen MR) is 55.5 cm³/mol. The first-order valence-electron chi connectivity index (χ1n) is 4.90. The summed E-state index contributed by atoms with van der Waals surface area (Å²) in [5.74, 6) is 0. The normalized spacial score (nSPS) is 28.6. The Labute approximate surface area is 86.0 Å². The number of aliphatic hydroxyl groups is 1. The third-order valence-corrected chi connectivity index (χ3v) is 5.43. The first kappa shape index (κ1) is 11.9. The summed E-state index contributed by atoms with van der Waals surface area (Å²) >= 11 is 0. The third kappa shape index (κ3) is 1.68. The second-order valence-corrected chi connectivity index (χ2v) is 7.04. The molecule has 1 rings (SSSR count). The van der Waals surface area contributed by atoms with Gasteiger partial charge in [-0.25, -0.2) is 8.42 Å². The van der Waals surface area contributed by atoms with Crippen LogP contribution in [0.5, 0.6) is 0 Å². The van der Waals surface area contributed by atoms with Gasteiger partial charge in [0.15, 0.2) is 0 Å². The minimum Gasteiger partial charge on any atom is -0.391 e. The van der Waals surface area contributed by atoms with E-state index in [2.05, 4.69) is 0 Å². The molecule has 0 aliphatic carbocycles. The van der Waals surface area contributed by atoms with Crippen LogP contribution in [0.1, 0.15) is 34.1 Å². The van der Waals surface area contributed by atoms with Crippen molar-refractivity contribution in [2.45, 2.75) is 51.0 Å². The molecule has 0 radical (unpaired) electrons. The minimum absolute atomic E-state index is 0.424. The molecule has 1 aliphatic heterocycles. The molecule has 1 saturated heterocycles. The molecular formula is C9H19NO3S. The molecule has 1 N–H and O–H groups in total. The molecule has 0 aromatic rings. The first-order chi connectivity index (χ1) is 6.20. The van der Waals surface area contributed by atoms with Gasteiger partial charge in [0.25, 0.3) is 0 Å². The van der Waals surface area contributed by atoms with Gasteiger partial charge in [0.05, 0.1) is 16.9 Å². The lowest BCUT2D eigenvalue weighted by molar-refractivity contribution is 0.0898. The lowest BCUT2D eigenvalue weighted by Gasteiger charge is -2.33. The molecule has 4 nitrogen and oxygen atoms in total. The number of nitrogens with zero attached hydrogens (tertiary/aromatic N) is 1. The Balaban J connectivity index is 3.02. The summed E-state index contributed by atoms with van der Waals surface area (Å²) < 4.78 is 25.2. The quantitative estimate of drug-likeness (QED) is 0.741. The van der Waals surface area contributed by atoms with E-state index >= 15 is 0 Å². The van der Waals surface area contributed by atoms with Crippen LogP contribution in [0.15, 0.2) is 0 Å². The Hall–Kier alpha value is -0.130. The Morgan fingerprint density at radius 3 is 2.21 bits per heavy atom. The van der Waals surface area contributed by atoms with Crippen molar-refractivity contribution >= 4 is 10.0 Å². The lowest BCUT2D eigenvalue weighted by atomic mass is 10.0. The van der Waals surface area contributed by atoms with Gasteiger partial charge in [0, 0.05) is 6.54 Å². The maximum absolute atomic E-state index is 11.9. The van der Waals surface area contributed by atoms with Crippen molar-refractivity contribution in [3.8, 4) is 0 Å². The molecule has 0 aromatic carbocycles. The Bertz CT molecular complexity index is 308. The van der Waals surface area contributed by atoms with Crippen molar-refractivity contribution in [2.75, 3.05) is 6.54 Å². The lowest BCUT2D eigenvalue weighted by Crippen LogP contribution is -2.50. The molecular weight excluding hydrogens is 202 g/mol. The van der Waals surface area contributed by atoms with Crippen molar-refractivity contribution in [3.05, 3.63) is 0 Å². The van der Waals surface area contributed by atoms with Crippen LogP contribution in [-0.4, -0.2) is 41.3 Å². The fraction of sp³-hybridized carbons (Fsp3) is 1.00. The smallest absolute Gasteiger partial charge is 0.217 e. The third-order valence-electron chi connectivity index (χ3n) is 2.97. The minimum atomic E-state index is -3.24. The maximum atomic E-state index is 11.9. The largest absolute Gasteiger partial charge is 0.391 e. The molecule has 0 amide bonds. The van der Waals surface area contributed by atoms with E-state index in [1.54, 1.807) is 27.7 Å². The Kier molecular flexibility index (Phi) is 2.96. The number of rotatable bonds is 2. The molecule has 1 heterocycles. The fourth-order valence-corrected chi connectivity index (χ4v) is 3.40. The summed E-state index contributed by atoms with van der Waals surface area (Å²) in [7, 11) is -3.24. The molecule has 0 saturated carbocycles. The van der Waals surface area contributed by atoms with Gasteiger partial charge in [-0.3, -0.25) is 0 Å². The summed E-state index contributed by atoms with van der Waals surface area (Å²) in [6.45, 7) is 7.29. The van der Waals surface area contributed by atoms with E-state index < -0.39 is 26.9 Å². The highest BCUT2D eigenvalue weighted by Gasteiger charge is 2.47. The van der Waals surface area contributed by atoms with Crippen LogP contribution in [0.2, 0.25) is 0 Å². The molecule has 84 valence electrons. The van der Waals surface area contributed by atoms with Gasteiger partial charge in [0.2, 0.25) is 10.0 Å². The van der Waals surface area contributed by atoms with Crippen LogP contribution in [0.25, 0.3) is 0 Å². The number of sulfonamides is 1. The van der Waals surface area contributed by atoms with E-state index in [0.717, 1.165) is 0 Å². The zero-order chi connectivity index (χ0) is 11.1. The molecule has 0 spiro atoms. The average molecular weight is 221 g/mol. The highest BCUT2D eigenvalue weighted by Crippen LogP contribution is 2.32. The highest BCUT2D eigenvalue weighted by atomic mass is 32.2. The number of aliphatic hydroxyl groups excluding tert-OH is 1. The molecule has 1 aliphatic rings. The van der Waals surface area contributed by atoms with Gasteiger partial charge in [-0.1, -0.05) is 0 Å². The molecule has 1 atom stereocenters. The van der Waals surface area contributed by atoms with Gasteiger partial charge in [-0.05, 0) is 34.1 Å². The van der Waals surface area contributed by atoms with Crippen molar-refractivity contribution in [2.24, 2.45) is 0 Å². The topological polar surface area (TPSA) is 57.6 Å². The van der Waals surface area contributed by atoms with Crippen molar-refractivity contribution in [3.63, 3.8) is 0 Å². The molecule has 1 unspecified atom stereocenters. The summed E-state index contributed by atoms with van der Waals surface area (Å²) in [5.41, 5.74) is -0.664. The maximum Gasteiger partial charge on any atom is 0.217 e. The van der Waals surface area contributed by atoms with E-state index in [1.165, 1.54) is 4.31 Å². The van der Waals surface area contributed by atoms with Crippen LogP contribution < -0.4 is 0 Å². The standard InChI is InChI=1S/C9H19NO3S/c1-7(2)14(12,13)10-6-5-8(11)9(10,3)4/h7-8,11H,5-6H2,1-4H3. The van der Waals surface area contributed by atoms with Crippen LogP contribution in [0.3, 0.4) is 0 Å². The van der Waals surface area contributed by atoms with E-state index in [1.807, 2.05) is 0 Å². The monoisotopic (exact) mass is 221 g/mol. The zero-order valence-corrected chi connectivity index (χ0v) is 10.0. The van der Waals surface area contributed by atoms with E-state index in [-0.39, 0.29) is 0 Å². The van der Waals surface area contributed by atoms with Crippen LogP contribution in [-0.2, 0) is 10.0 Å². The van der Waals surface area contributed by atoms with Gasteiger partial charge >= 0.3 is 0 Å². The van der Waals surface area contributed by atoms with Gasteiger partial charge in [-0.15, -0.1) is 0 Å². The Morgan fingerprint density at radius 2 is 1.93 bits per heavy atom. The summed E-state index contributed by atoms with van der Waals surface area (Å²) in [5, 5.41) is 9.24. The summed E-state index contributed by atoms with van der Waals surface area (Å²) in [6, 6.07) is 0. The Morgan fingerprint density at radius 1 is 1.43 bits per heavy atom. The highest BCUT2D eigenvalue weighted by molar-refractivity contribution is 7.89. The summed E-state index contributed by atoms with van der Waals surface area (Å²) in [4.78, 5) is 0. The van der Waals surface area contributed by atoms with Crippen molar-refractivity contribution in [1.29, 1.82) is 0 Å². The van der Waals surface area contributed by atoms with E-state index in [4.69, 9.17) is 0 Å². The van der Waals surface area contributed by atoms with Crippen molar-refractivity contribution < 1.29 is 13.5 Å². The predicted octanol–water partition coefficient (Wildman–Crippen LogP) is 0.570. The van der Waals surface area contributed by atoms with Crippen LogP contribution >= 0.6 is 0 Å².